The average molecular weight is 262 g/mol. The van der Waals surface area contributed by atoms with Crippen molar-refractivity contribution in [2.75, 3.05) is 13.7 Å². The van der Waals surface area contributed by atoms with E-state index in [1.807, 2.05) is 18.2 Å². The van der Waals surface area contributed by atoms with Crippen LogP contribution in [0.5, 0.6) is 5.75 Å². The number of hydrogen-bond acceptors (Lipinski definition) is 2. The van der Waals surface area contributed by atoms with Gasteiger partial charge in [-0.15, -0.1) is 12.4 Å². The predicted molar refractivity (Wildman–Crippen MR) is 69.8 cm³/mol. The molecule has 16 heavy (non-hydrogen) atoms. The highest BCUT2D eigenvalue weighted by Crippen LogP contribution is 2.32. The molecule has 1 aliphatic heterocycles. The zero-order chi connectivity index (χ0) is 10.7. The topological polar surface area (TPSA) is 21.3 Å². The zero-order valence-electron chi connectivity index (χ0n) is 9.33. The highest BCUT2D eigenvalue weighted by molar-refractivity contribution is 6.30. The van der Waals surface area contributed by atoms with Gasteiger partial charge < -0.3 is 10.1 Å². The van der Waals surface area contributed by atoms with Crippen LogP contribution in [-0.4, -0.2) is 13.7 Å². The van der Waals surface area contributed by atoms with Crippen molar-refractivity contribution in [3.63, 3.8) is 0 Å². The second kappa shape index (κ2) is 6.33. The lowest BCUT2D eigenvalue weighted by Crippen LogP contribution is -2.27. The first-order chi connectivity index (χ1) is 7.31. The standard InChI is InChI=1S/C12H16ClNO.ClH/c1-15-12-6-5-9(13)8-10(12)11-4-2-3-7-14-11;/h5-6,8,11,14H,2-4,7H2,1H3;1H/t11-;/m0./s1. The summed E-state index contributed by atoms with van der Waals surface area (Å²) in [5, 5.41) is 4.27. The first-order valence-corrected chi connectivity index (χ1v) is 5.76. The molecule has 1 saturated heterocycles. The number of piperidine rings is 1. The van der Waals surface area contributed by atoms with Gasteiger partial charge in [0.15, 0.2) is 0 Å². The maximum absolute atomic E-state index is 6.01. The second-order valence-electron chi connectivity index (χ2n) is 3.89. The van der Waals surface area contributed by atoms with Crippen molar-refractivity contribution < 1.29 is 4.74 Å². The van der Waals surface area contributed by atoms with Gasteiger partial charge in [-0.05, 0) is 37.6 Å². The number of nitrogens with one attached hydrogen (secondary N) is 1. The largest absolute Gasteiger partial charge is 0.496 e. The van der Waals surface area contributed by atoms with E-state index >= 15 is 0 Å². The third-order valence-electron chi connectivity index (χ3n) is 2.88. The summed E-state index contributed by atoms with van der Waals surface area (Å²) >= 11 is 6.01. The maximum atomic E-state index is 6.01. The van der Waals surface area contributed by atoms with Gasteiger partial charge in [-0.3, -0.25) is 0 Å². The fourth-order valence-electron chi connectivity index (χ4n) is 2.09. The summed E-state index contributed by atoms with van der Waals surface area (Å²) in [6, 6.07) is 6.21. The summed E-state index contributed by atoms with van der Waals surface area (Å²) in [6.07, 6.45) is 3.70. The molecule has 1 heterocycles. The van der Waals surface area contributed by atoms with E-state index < -0.39 is 0 Å². The molecule has 1 atom stereocenters. The Kier molecular flexibility index (Phi) is 5.39. The van der Waals surface area contributed by atoms with Gasteiger partial charge >= 0.3 is 0 Å². The molecule has 0 unspecified atom stereocenters. The first kappa shape index (κ1) is 13.6. The molecule has 1 aromatic rings. The highest BCUT2D eigenvalue weighted by atomic mass is 35.5. The maximum Gasteiger partial charge on any atom is 0.123 e. The van der Waals surface area contributed by atoms with E-state index in [0.717, 1.165) is 23.7 Å². The molecule has 0 radical (unpaired) electrons. The van der Waals surface area contributed by atoms with Crippen LogP contribution in [0.3, 0.4) is 0 Å². The Bertz CT molecular complexity index is 338. The number of methoxy groups -OCH3 is 1. The van der Waals surface area contributed by atoms with E-state index in [0.29, 0.717) is 6.04 Å². The second-order valence-corrected chi connectivity index (χ2v) is 4.33. The van der Waals surface area contributed by atoms with Crippen LogP contribution in [0, 0.1) is 0 Å². The van der Waals surface area contributed by atoms with Crippen LogP contribution in [0.25, 0.3) is 0 Å². The summed E-state index contributed by atoms with van der Waals surface area (Å²) in [5.41, 5.74) is 1.18. The Morgan fingerprint density at radius 3 is 2.81 bits per heavy atom. The van der Waals surface area contributed by atoms with E-state index in [4.69, 9.17) is 16.3 Å². The van der Waals surface area contributed by atoms with Crippen molar-refractivity contribution in [3.8, 4) is 5.75 Å². The van der Waals surface area contributed by atoms with E-state index in [1.165, 1.54) is 18.4 Å². The van der Waals surface area contributed by atoms with Crippen molar-refractivity contribution in [2.24, 2.45) is 0 Å². The molecular formula is C12H17Cl2NO. The van der Waals surface area contributed by atoms with Crippen molar-refractivity contribution in [3.05, 3.63) is 28.8 Å². The minimum Gasteiger partial charge on any atom is -0.496 e. The molecule has 1 aromatic carbocycles. The molecule has 1 N–H and O–H groups in total. The first-order valence-electron chi connectivity index (χ1n) is 5.38. The fourth-order valence-corrected chi connectivity index (χ4v) is 2.28. The quantitative estimate of drug-likeness (QED) is 0.879. The molecule has 90 valence electrons. The predicted octanol–water partition coefficient (Wildman–Crippen LogP) is 3.59. The van der Waals surface area contributed by atoms with Gasteiger partial charge in [-0.25, -0.2) is 0 Å². The van der Waals surface area contributed by atoms with Gasteiger partial charge in [-0.2, -0.15) is 0 Å². The number of benzene rings is 1. The van der Waals surface area contributed by atoms with Crippen LogP contribution < -0.4 is 10.1 Å². The summed E-state index contributed by atoms with van der Waals surface area (Å²) in [4.78, 5) is 0. The highest BCUT2D eigenvalue weighted by Gasteiger charge is 2.18. The minimum absolute atomic E-state index is 0. The minimum atomic E-state index is 0. The Balaban J connectivity index is 0.00000128. The Hall–Kier alpha value is -0.440. The number of ether oxygens (including phenoxy) is 1. The normalized spacial score (nSPS) is 20.0. The Morgan fingerprint density at radius 2 is 2.19 bits per heavy atom. The van der Waals surface area contributed by atoms with Crippen LogP contribution in [0.1, 0.15) is 30.9 Å². The number of rotatable bonds is 2. The van der Waals surface area contributed by atoms with Gasteiger partial charge in [0.05, 0.1) is 7.11 Å². The molecule has 0 saturated carbocycles. The summed E-state index contributed by atoms with van der Waals surface area (Å²) in [6.45, 7) is 1.08. The molecule has 0 aromatic heterocycles. The summed E-state index contributed by atoms with van der Waals surface area (Å²) in [5.74, 6) is 0.929. The number of halogens is 2. The SMILES string of the molecule is COc1ccc(Cl)cc1[C@@H]1CCCCN1.Cl. The van der Waals surface area contributed by atoms with Gasteiger partial charge in [0.25, 0.3) is 0 Å². The van der Waals surface area contributed by atoms with Crippen LogP contribution in [0.2, 0.25) is 5.02 Å². The summed E-state index contributed by atoms with van der Waals surface area (Å²) < 4.78 is 5.35. The molecule has 0 aliphatic carbocycles. The molecule has 4 heteroatoms. The lowest BCUT2D eigenvalue weighted by atomic mass is 9.97. The molecule has 0 spiro atoms. The molecule has 1 fully saturated rings. The van der Waals surface area contributed by atoms with E-state index in [2.05, 4.69) is 5.32 Å². The summed E-state index contributed by atoms with van der Waals surface area (Å²) in [7, 11) is 1.70. The smallest absolute Gasteiger partial charge is 0.123 e. The van der Waals surface area contributed by atoms with E-state index in [-0.39, 0.29) is 12.4 Å². The van der Waals surface area contributed by atoms with Gasteiger partial charge in [0, 0.05) is 16.6 Å². The third kappa shape index (κ3) is 3.03. The lowest BCUT2D eigenvalue weighted by Gasteiger charge is -2.25. The molecule has 2 rings (SSSR count). The van der Waals surface area contributed by atoms with Crippen LogP contribution in [0.15, 0.2) is 18.2 Å². The van der Waals surface area contributed by atoms with Gasteiger partial charge in [-0.1, -0.05) is 18.0 Å². The van der Waals surface area contributed by atoms with E-state index in [1.54, 1.807) is 7.11 Å². The molecular weight excluding hydrogens is 245 g/mol. The van der Waals surface area contributed by atoms with Crippen LogP contribution >= 0.6 is 24.0 Å². The van der Waals surface area contributed by atoms with Crippen LogP contribution in [0.4, 0.5) is 0 Å². The zero-order valence-corrected chi connectivity index (χ0v) is 10.9. The monoisotopic (exact) mass is 261 g/mol. The average Bonchev–Trinajstić information content (AvgIpc) is 2.30. The molecule has 0 bridgehead atoms. The van der Waals surface area contributed by atoms with Gasteiger partial charge in [0.2, 0.25) is 0 Å². The van der Waals surface area contributed by atoms with Crippen molar-refractivity contribution in [2.45, 2.75) is 25.3 Å². The van der Waals surface area contributed by atoms with E-state index in [9.17, 15) is 0 Å². The Morgan fingerprint density at radius 1 is 1.38 bits per heavy atom. The fraction of sp³-hybridized carbons (Fsp3) is 0.500. The van der Waals surface area contributed by atoms with Crippen molar-refractivity contribution >= 4 is 24.0 Å². The molecule has 2 nitrogen and oxygen atoms in total. The third-order valence-corrected chi connectivity index (χ3v) is 3.11. The van der Waals surface area contributed by atoms with Crippen molar-refractivity contribution in [1.82, 2.24) is 5.32 Å². The van der Waals surface area contributed by atoms with Gasteiger partial charge in [0.1, 0.15) is 5.75 Å². The van der Waals surface area contributed by atoms with Crippen molar-refractivity contribution in [1.29, 1.82) is 0 Å². The number of hydrogen-bond donors (Lipinski definition) is 1. The molecule has 0 amide bonds. The molecule has 1 aliphatic rings. The lowest BCUT2D eigenvalue weighted by molar-refractivity contribution is 0.373. The Labute approximate surface area is 108 Å². The van der Waals surface area contributed by atoms with Crippen LogP contribution in [-0.2, 0) is 0 Å².